The SMILES string of the molecule is CCCNC1CCC(C)(C)CC1Oc1ccc(C)cc1C. The number of aryl methyl sites for hydroxylation is 2. The van der Waals surface area contributed by atoms with Gasteiger partial charge >= 0.3 is 0 Å². The molecular formula is C19H31NO. The molecular weight excluding hydrogens is 258 g/mol. The maximum absolute atomic E-state index is 6.42. The van der Waals surface area contributed by atoms with Gasteiger partial charge in [0.1, 0.15) is 11.9 Å². The first-order valence-corrected chi connectivity index (χ1v) is 8.38. The minimum absolute atomic E-state index is 0.279. The van der Waals surface area contributed by atoms with Gasteiger partial charge in [-0.15, -0.1) is 0 Å². The largest absolute Gasteiger partial charge is 0.489 e. The van der Waals surface area contributed by atoms with Gasteiger partial charge in [0.2, 0.25) is 0 Å². The van der Waals surface area contributed by atoms with Crippen LogP contribution in [0.1, 0.15) is 57.6 Å². The van der Waals surface area contributed by atoms with E-state index in [2.05, 4.69) is 58.1 Å². The number of hydrogen-bond donors (Lipinski definition) is 1. The summed E-state index contributed by atoms with van der Waals surface area (Å²) < 4.78 is 6.42. The predicted molar refractivity (Wildman–Crippen MR) is 90.0 cm³/mol. The van der Waals surface area contributed by atoms with Gasteiger partial charge in [-0.2, -0.15) is 0 Å². The van der Waals surface area contributed by atoms with Crippen LogP contribution in [-0.2, 0) is 0 Å². The summed E-state index contributed by atoms with van der Waals surface area (Å²) in [6, 6.07) is 6.96. The van der Waals surface area contributed by atoms with Crippen LogP contribution in [0.5, 0.6) is 5.75 Å². The van der Waals surface area contributed by atoms with E-state index >= 15 is 0 Å². The van der Waals surface area contributed by atoms with Crippen molar-refractivity contribution in [2.75, 3.05) is 6.54 Å². The molecule has 0 bridgehead atoms. The van der Waals surface area contributed by atoms with Crippen molar-refractivity contribution in [3.05, 3.63) is 29.3 Å². The average molecular weight is 289 g/mol. The van der Waals surface area contributed by atoms with Crippen molar-refractivity contribution < 1.29 is 4.74 Å². The summed E-state index contributed by atoms with van der Waals surface area (Å²) in [5, 5.41) is 3.69. The number of ether oxygens (including phenoxy) is 1. The van der Waals surface area contributed by atoms with E-state index in [4.69, 9.17) is 4.74 Å². The molecule has 2 rings (SSSR count). The molecule has 0 radical (unpaired) electrons. The van der Waals surface area contributed by atoms with Crippen LogP contribution in [0.4, 0.5) is 0 Å². The second-order valence-corrected chi connectivity index (χ2v) is 7.39. The first-order valence-electron chi connectivity index (χ1n) is 8.38. The van der Waals surface area contributed by atoms with E-state index in [9.17, 15) is 0 Å². The first-order chi connectivity index (χ1) is 9.91. The molecule has 2 nitrogen and oxygen atoms in total. The second-order valence-electron chi connectivity index (χ2n) is 7.39. The Hall–Kier alpha value is -1.02. The van der Waals surface area contributed by atoms with Crippen LogP contribution < -0.4 is 10.1 Å². The minimum Gasteiger partial charge on any atom is -0.489 e. The van der Waals surface area contributed by atoms with Crippen molar-refractivity contribution in [3.8, 4) is 5.75 Å². The van der Waals surface area contributed by atoms with Gasteiger partial charge < -0.3 is 10.1 Å². The summed E-state index contributed by atoms with van der Waals surface area (Å²) in [5.74, 6) is 1.05. The van der Waals surface area contributed by atoms with E-state index in [-0.39, 0.29) is 6.10 Å². The quantitative estimate of drug-likeness (QED) is 0.853. The number of benzene rings is 1. The topological polar surface area (TPSA) is 21.3 Å². The Morgan fingerprint density at radius 3 is 2.71 bits per heavy atom. The normalized spacial score (nSPS) is 24.8. The standard InChI is InChI=1S/C19H31NO/c1-6-11-20-16-9-10-19(4,5)13-18(16)21-17-8-7-14(2)12-15(17)3/h7-8,12,16,18,20H,6,9-11,13H2,1-5H3. The van der Waals surface area contributed by atoms with Gasteiger partial charge in [-0.3, -0.25) is 0 Å². The Kier molecular flexibility index (Phi) is 5.32. The maximum Gasteiger partial charge on any atom is 0.122 e. The molecule has 0 heterocycles. The average Bonchev–Trinajstić information content (AvgIpc) is 2.40. The summed E-state index contributed by atoms with van der Waals surface area (Å²) in [6.07, 6.45) is 5.07. The number of rotatable bonds is 5. The monoisotopic (exact) mass is 289 g/mol. The molecule has 0 aliphatic heterocycles. The summed E-state index contributed by atoms with van der Waals surface area (Å²) in [6.45, 7) is 12.3. The van der Waals surface area contributed by atoms with E-state index in [0.717, 1.165) is 18.7 Å². The highest BCUT2D eigenvalue weighted by molar-refractivity contribution is 5.36. The predicted octanol–water partition coefficient (Wildman–Crippen LogP) is 4.63. The fraction of sp³-hybridized carbons (Fsp3) is 0.684. The molecule has 1 aromatic carbocycles. The van der Waals surface area contributed by atoms with Crippen LogP contribution in [0.15, 0.2) is 18.2 Å². The molecule has 1 N–H and O–H groups in total. The zero-order chi connectivity index (χ0) is 15.5. The third-order valence-electron chi connectivity index (χ3n) is 4.60. The lowest BCUT2D eigenvalue weighted by Crippen LogP contribution is -2.49. The van der Waals surface area contributed by atoms with Crippen molar-refractivity contribution in [2.24, 2.45) is 5.41 Å². The Labute approximate surface area is 130 Å². The summed E-state index contributed by atoms with van der Waals surface area (Å²) in [4.78, 5) is 0. The van der Waals surface area contributed by atoms with Crippen LogP contribution in [0.3, 0.4) is 0 Å². The molecule has 118 valence electrons. The molecule has 0 spiro atoms. The fourth-order valence-corrected chi connectivity index (χ4v) is 3.30. The Morgan fingerprint density at radius 1 is 1.29 bits per heavy atom. The first kappa shape index (κ1) is 16.4. The fourth-order valence-electron chi connectivity index (χ4n) is 3.30. The zero-order valence-electron chi connectivity index (χ0n) is 14.3. The smallest absolute Gasteiger partial charge is 0.122 e. The number of nitrogens with one attached hydrogen (secondary N) is 1. The van der Waals surface area contributed by atoms with Crippen LogP contribution >= 0.6 is 0 Å². The van der Waals surface area contributed by atoms with Gasteiger partial charge in [0.25, 0.3) is 0 Å². The zero-order valence-corrected chi connectivity index (χ0v) is 14.3. The maximum atomic E-state index is 6.42. The molecule has 0 aromatic heterocycles. The molecule has 1 fully saturated rings. The van der Waals surface area contributed by atoms with Crippen LogP contribution in [0, 0.1) is 19.3 Å². The van der Waals surface area contributed by atoms with Gasteiger partial charge in [0, 0.05) is 6.04 Å². The second kappa shape index (κ2) is 6.83. The van der Waals surface area contributed by atoms with Crippen molar-refractivity contribution in [1.82, 2.24) is 5.32 Å². The molecule has 1 aliphatic rings. The molecule has 2 unspecified atom stereocenters. The van der Waals surface area contributed by atoms with Crippen molar-refractivity contribution >= 4 is 0 Å². The molecule has 2 heteroatoms. The van der Waals surface area contributed by atoms with E-state index < -0.39 is 0 Å². The molecule has 0 amide bonds. The van der Waals surface area contributed by atoms with Crippen LogP contribution in [0.2, 0.25) is 0 Å². The molecule has 1 aromatic rings. The van der Waals surface area contributed by atoms with Crippen LogP contribution in [0.25, 0.3) is 0 Å². The van der Waals surface area contributed by atoms with E-state index in [1.807, 2.05) is 0 Å². The highest BCUT2D eigenvalue weighted by atomic mass is 16.5. The van der Waals surface area contributed by atoms with Gasteiger partial charge in [0.05, 0.1) is 0 Å². The van der Waals surface area contributed by atoms with E-state index in [1.165, 1.54) is 30.4 Å². The minimum atomic E-state index is 0.279. The highest BCUT2D eigenvalue weighted by Crippen LogP contribution is 2.37. The Balaban J connectivity index is 2.11. The van der Waals surface area contributed by atoms with Crippen molar-refractivity contribution in [2.45, 2.75) is 72.4 Å². The molecule has 1 saturated carbocycles. The molecule has 21 heavy (non-hydrogen) atoms. The molecule has 2 atom stereocenters. The third-order valence-corrected chi connectivity index (χ3v) is 4.60. The van der Waals surface area contributed by atoms with Gasteiger partial charge in [0.15, 0.2) is 0 Å². The summed E-state index contributed by atoms with van der Waals surface area (Å²) in [7, 11) is 0. The lowest BCUT2D eigenvalue weighted by Gasteiger charge is -2.41. The van der Waals surface area contributed by atoms with E-state index in [0.29, 0.717) is 11.5 Å². The third kappa shape index (κ3) is 4.47. The van der Waals surface area contributed by atoms with Crippen LogP contribution in [-0.4, -0.2) is 18.7 Å². The lowest BCUT2D eigenvalue weighted by molar-refractivity contribution is 0.0526. The van der Waals surface area contributed by atoms with Crippen molar-refractivity contribution in [3.63, 3.8) is 0 Å². The molecule has 0 saturated heterocycles. The lowest BCUT2D eigenvalue weighted by atomic mass is 9.74. The summed E-state index contributed by atoms with van der Waals surface area (Å²) >= 11 is 0. The highest BCUT2D eigenvalue weighted by Gasteiger charge is 2.36. The van der Waals surface area contributed by atoms with E-state index in [1.54, 1.807) is 0 Å². The number of hydrogen-bond acceptors (Lipinski definition) is 2. The Morgan fingerprint density at radius 2 is 2.05 bits per heavy atom. The van der Waals surface area contributed by atoms with Gasteiger partial charge in [-0.1, -0.05) is 38.5 Å². The van der Waals surface area contributed by atoms with Gasteiger partial charge in [-0.25, -0.2) is 0 Å². The van der Waals surface area contributed by atoms with Crippen molar-refractivity contribution in [1.29, 1.82) is 0 Å². The van der Waals surface area contributed by atoms with Gasteiger partial charge in [-0.05, 0) is 63.1 Å². The summed E-state index contributed by atoms with van der Waals surface area (Å²) in [5.41, 5.74) is 2.92. The molecule has 1 aliphatic carbocycles. The Bertz CT molecular complexity index is 467.